The van der Waals surface area contributed by atoms with Gasteiger partial charge in [-0.25, -0.2) is 4.39 Å². The molecule has 0 saturated heterocycles. The predicted octanol–water partition coefficient (Wildman–Crippen LogP) is 2.13. The van der Waals surface area contributed by atoms with Gasteiger partial charge in [0, 0.05) is 12.1 Å². The summed E-state index contributed by atoms with van der Waals surface area (Å²) in [6, 6.07) is 2.63. The summed E-state index contributed by atoms with van der Waals surface area (Å²) in [5.74, 6) is -0.631. The second-order valence-electron chi connectivity index (χ2n) is 4.47. The summed E-state index contributed by atoms with van der Waals surface area (Å²) in [5, 5.41) is 5.51. The zero-order valence-electron chi connectivity index (χ0n) is 11.6. The van der Waals surface area contributed by atoms with Crippen molar-refractivity contribution in [3.05, 3.63) is 29.1 Å². The number of hydrogen-bond donors (Lipinski definition) is 3. The van der Waals surface area contributed by atoms with Crippen molar-refractivity contribution in [2.75, 3.05) is 11.9 Å². The highest BCUT2D eigenvalue weighted by Crippen LogP contribution is 2.29. The Hall–Kier alpha value is -1.96. The van der Waals surface area contributed by atoms with Crippen LogP contribution < -0.4 is 16.4 Å². The van der Waals surface area contributed by atoms with Crippen molar-refractivity contribution in [1.82, 2.24) is 5.32 Å². The van der Waals surface area contributed by atoms with Gasteiger partial charge in [0.15, 0.2) is 4.74 Å². The first-order valence-corrected chi connectivity index (χ1v) is 7.17. The molecule has 1 aromatic carbocycles. The van der Waals surface area contributed by atoms with E-state index in [9.17, 15) is 9.18 Å². The average Bonchev–Trinajstić information content (AvgIpc) is 2.65. The summed E-state index contributed by atoms with van der Waals surface area (Å²) in [5.41, 5.74) is 6.72. The molecule has 1 heterocycles. The number of guanidine groups is 1. The lowest BCUT2D eigenvalue weighted by Gasteiger charge is -2.10. The summed E-state index contributed by atoms with van der Waals surface area (Å²) >= 11 is 3.00. The molecule has 0 fully saturated rings. The molecule has 6 nitrogen and oxygen atoms in total. The second kappa shape index (κ2) is 6.21. The van der Waals surface area contributed by atoms with Gasteiger partial charge in [-0.1, -0.05) is 0 Å². The van der Waals surface area contributed by atoms with E-state index in [1.165, 1.54) is 6.07 Å². The number of benzene rings is 1. The minimum Gasteiger partial charge on any atom is -0.378 e. The lowest BCUT2D eigenvalue weighted by molar-refractivity contribution is 0.0958. The van der Waals surface area contributed by atoms with Crippen LogP contribution in [0.15, 0.2) is 22.1 Å². The molecule has 1 aliphatic rings. The molecule has 8 heteroatoms. The first kappa shape index (κ1) is 15.4. The van der Waals surface area contributed by atoms with Crippen LogP contribution in [0.5, 0.6) is 0 Å². The zero-order chi connectivity index (χ0) is 15.6. The lowest BCUT2D eigenvalue weighted by atomic mass is 10.0. The van der Waals surface area contributed by atoms with Gasteiger partial charge in [0.2, 0.25) is 5.96 Å². The first-order valence-electron chi connectivity index (χ1n) is 6.37. The number of aliphatic imine (C=N–C) groups is 2. The Morgan fingerprint density at radius 1 is 1.57 bits per heavy atom. The molecule has 1 unspecified atom stereocenters. The molecular formula is C13H15BrFN5O. The van der Waals surface area contributed by atoms with Crippen LogP contribution in [0.2, 0.25) is 0 Å². The van der Waals surface area contributed by atoms with Crippen molar-refractivity contribution < 1.29 is 9.18 Å². The third kappa shape index (κ3) is 3.38. The smallest absolute Gasteiger partial charge is 0.252 e. The summed E-state index contributed by atoms with van der Waals surface area (Å²) in [6.07, 6.45) is 0. The molecular weight excluding hydrogens is 341 g/mol. The number of amides is 1. The summed E-state index contributed by atoms with van der Waals surface area (Å²) in [6.45, 7) is 4.13. The van der Waals surface area contributed by atoms with Gasteiger partial charge >= 0.3 is 0 Å². The normalized spacial score (nSPS) is 18.5. The van der Waals surface area contributed by atoms with Crippen molar-refractivity contribution in [2.45, 2.75) is 19.9 Å². The van der Waals surface area contributed by atoms with Crippen LogP contribution >= 0.6 is 15.9 Å². The highest BCUT2D eigenvalue weighted by molar-refractivity contribution is 9.18. The Bertz CT molecular complexity index is 640. The van der Waals surface area contributed by atoms with Gasteiger partial charge in [0.1, 0.15) is 5.82 Å². The minimum absolute atomic E-state index is 0.133. The van der Waals surface area contributed by atoms with E-state index >= 15 is 0 Å². The van der Waals surface area contributed by atoms with Crippen LogP contribution in [0.3, 0.4) is 0 Å². The molecule has 21 heavy (non-hydrogen) atoms. The van der Waals surface area contributed by atoms with Crippen molar-refractivity contribution in [3.8, 4) is 0 Å². The Morgan fingerprint density at radius 3 is 2.90 bits per heavy atom. The second-order valence-corrected chi connectivity index (χ2v) is 5.28. The highest BCUT2D eigenvalue weighted by Gasteiger charge is 2.27. The fraction of sp³-hybridized carbons (Fsp3) is 0.308. The van der Waals surface area contributed by atoms with Gasteiger partial charge in [-0.15, -0.1) is 0 Å². The van der Waals surface area contributed by atoms with E-state index in [1.807, 2.05) is 13.8 Å². The van der Waals surface area contributed by atoms with E-state index < -0.39 is 5.82 Å². The molecule has 0 aliphatic carbocycles. The number of nitrogens with one attached hydrogen (secondary N) is 2. The maximum absolute atomic E-state index is 14.1. The van der Waals surface area contributed by atoms with Gasteiger partial charge in [0.25, 0.3) is 5.91 Å². The number of nitrogens with two attached hydrogens (primary N) is 1. The number of halogens is 2. The van der Waals surface area contributed by atoms with E-state index in [0.29, 0.717) is 12.1 Å². The minimum atomic E-state index is -0.551. The molecule has 0 bridgehead atoms. The van der Waals surface area contributed by atoms with Crippen LogP contribution in [0.4, 0.5) is 10.1 Å². The molecule has 0 aromatic heterocycles. The number of amidine groups is 1. The average molecular weight is 356 g/mol. The first-order chi connectivity index (χ1) is 9.92. The molecule has 1 atom stereocenters. The topological polar surface area (TPSA) is 91.9 Å². The van der Waals surface area contributed by atoms with Crippen LogP contribution in [-0.4, -0.2) is 23.2 Å². The molecule has 0 spiro atoms. The summed E-state index contributed by atoms with van der Waals surface area (Å²) in [4.78, 5) is 19.7. The van der Waals surface area contributed by atoms with Gasteiger partial charge in [0.05, 0.1) is 11.7 Å². The number of carbonyl (C=O) groups excluding carboxylic acids is 1. The summed E-state index contributed by atoms with van der Waals surface area (Å²) < 4.78 is 14.2. The van der Waals surface area contributed by atoms with Crippen LogP contribution in [0, 0.1) is 5.82 Å². The molecule has 1 aromatic rings. The molecule has 1 amide bonds. The predicted molar refractivity (Wildman–Crippen MR) is 84.4 cm³/mol. The van der Waals surface area contributed by atoms with E-state index in [2.05, 4.69) is 36.5 Å². The molecule has 1 aliphatic heterocycles. The fourth-order valence-electron chi connectivity index (χ4n) is 2.07. The number of nitrogens with zero attached hydrogens (tertiary/aromatic N) is 2. The van der Waals surface area contributed by atoms with Gasteiger partial charge < -0.3 is 16.4 Å². The van der Waals surface area contributed by atoms with Gasteiger partial charge in [-0.05, 0) is 47.5 Å². The Labute approximate surface area is 129 Å². The molecule has 0 saturated carbocycles. The van der Waals surface area contributed by atoms with E-state index in [-0.39, 0.29) is 28.3 Å². The molecule has 4 N–H and O–H groups in total. The molecule has 2 rings (SSSR count). The standard InChI is InChI=1S/C13H15BrFN5O/c1-3-17-13(20-12(14)16)19-10-5-7-6(2)18-11(21)8(7)4-9(10)15/h4-6H,3H2,1-2H3,(H,18,21)(H3,16,17,19,20). The molecule has 0 radical (unpaired) electrons. The van der Waals surface area contributed by atoms with Gasteiger partial charge in [-0.3, -0.25) is 9.79 Å². The summed E-state index contributed by atoms with van der Waals surface area (Å²) in [7, 11) is 0. The number of hydrogen-bond acceptors (Lipinski definition) is 2. The third-order valence-electron chi connectivity index (χ3n) is 2.97. The highest BCUT2D eigenvalue weighted by atomic mass is 79.9. The van der Waals surface area contributed by atoms with E-state index in [1.54, 1.807) is 6.07 Å². The van der Waals surface area contributed by atoms with Crippen molar-refractivity contribution in [2.24, 2.45) is 15.7 Å². The Balaban J connectivity index is 2.37. The zero-order valence-corrected chi connectivity index (χ0v) is 13.2. The van der Waals surface area contributed by atoms with Crippen LogP contribution in [0.25, 0.3) is 0 Å². The van der Waals surface area contributed by atoms with Gasteiger partial charge in [-0.2, -0.15) is 4.99 Å². The van der Waals surface area contributed by atoms with Crippen molar-refractivity contribution in [1.29, 1.82) is 0 Å². The third-order valence-corrected chi connectivity index (χ3v) is 3.14. The monoisotopic (exact) mass is 355 g/mol. The number of carbonyl (C=O) groups is 1. The Kier molecular flexibility index (Phi) is 4.56. The number of anilines is 1. The Morgan fingerprint density at radius 2 is 2.29 bits per heavy atom. The van der Waals surface area contributed by atoms with Crippen molar-refractivity contribution >= 4 is 38.2 Å². The number of fused-ring (bicyclic) bond motifs is 1. The van der Waals surface area contributed by atoms with Crippen LogP contribution in [0.1, 0.15) is 35.8 Å². The van der Waals surface area contributed by atoms with E-state index in [0.717, 1.165) is 5.56 Å². The SMILES string of the molecule is CCN=C(/N=C(\N)Br)Nc1cc2c(cc1F)C(=O)NC2C. The lowest BCUT2D eigenvalue weighted by Crippen LogP contribution is -2.16. The quantitative estimate of drug-likeness (QED) is 0.431. The maximum Gasteiger partial charge on any atom is 0.252 e. The largest absolute Gasteiger partial charge is 0.378 e. The van der Waals surface area contributed by atoms with E-state index in [4.69, 9.17) is 5.73 Å². The maximum atomic E-state index is 14.1. The van der Waals surface area contributed by atoms with Crippen LogP contribution in [-0.2, 0) is 0 Å². The number of rotatable bonds is 2. The van der Waals surface area contributed by atoms with Crippen molar-refractivity contribution in [3.63, 3.8) is 0 Å². The fourth-order valence-corrected chi connectivity index (χ4v) is 2.24. The molecule has 112 valence electrons.